The zero-order valence-electron chi connectivity index (χ0n) is 11.7. The molecule has 0 aliphatic heterocycles. The molecule has 0 saturated heterocycles. The van der Waals surface area contributed by atoms with Gasteiger partial charge in [-0.1, -0.05) is 12.1 Å². The van der Waals surface area contributed by atoms with Crippen molar-refractivity contribution in [3.8, 4) is 0 Å². The topological polar surface area (TPSA) is 95.0 Å². The molecule has 0 atom stereocenters. The fourth-order valence-electron chi connectivity index (χ4n) is 2.17. The summed E-state index contributed by atoms with van der Waals surface area (Å²) in [5.74, 6) is 0.0408. The second kappa shape index (κ2) is 6.94. The van der Waals surface area contributed by atoms with Crippen molar-refractivity contribution in [2.24, 2.45) is 10.9 Å². The largest absolute Gasteiger partial charge is 0.409 e. The monoisotopic (exact) mass is 266 g/mol. The molecule has 0 fully saturated rings. The number of aromatic nitrogens is 1. The molecule has 0 spiro atoms. The Labute approximate surface area is 113 Å². The number of anilines is 1. The van der Waals surface area contributed by atoms with Gasteiger partial charge in [-0.25, -0.2) is 0 Å². The number of amidine groups is 1. The Morgan fingerprint density at radius 3 is 2.63 bits per heavy atom. The van der Waals surface area contributed by atoms with E-state index < -0.39 is 0 Å². The number of aryl methyl sites for hydroxylation is 2. The van der Waals surface area contributed by atoms with Gasteiger partial charge in [-0.15, -0.1) is 0 Å². The van der Waals surface area contributed by atoms with Crippen molar-refractivity contribution in [1.82, 2.24) is 4.98 Å². The molecule has 4 N–H and O–H groups in total. The quantitative estimate of drug-likeness (QED) is 0.309. The number of aliphatic hydroxyl groups excluding tert-OH is 1. The van der Waals surface area contributed by atoms with Crippen molar-refractivity contribution in [3.05, 3.63) is 23.0 Å². The molecule has 0 radical (unpaired) electrons. The molecule has 0 unspecified atom stereocenters. The van der Waals surface area contributed by atoms with Gasteiger partial charge in [-0.05, 0) is 26.3 Å². The van der Waals surface area contributed by atoms with Gasteiger partial charge in [0.15, 0.2) is 5.84 Å². The zero-order chi connectivity index (χ0) is 14.4. The lowest BCUT2D eigenvalue weighted by Gasteiger charge is -2.26. The summed E-state index contributed by atoms with van der Waals surface area (Å²) in [5, 5.41) is 21.2. The number of hydrogen-bond donors (Lipinski definition) is 3. The minimum atomic E-state index is 0.0408. The molecule has 0 bridgehead atoms. The van der Waals surface area contributed by atoms with Crippen LogP contribution in [0, 0.1) is 13.8 Å². The van der Waals surface area contributed by atoms with Gasteiger partial charge in [0.1, 0.15) is 0 Å². The van der Waals surface area contributed by atoms with Crippen LogP contribution >= 0.6 is 0 Å². The lowest BCUT2D eigenvalue weighted by molar-refractivity contribution is 0.301. The van der Waals surface area contributed by atoms with Crippen LogP contribution in [0.2, 0.25) is 0 Å². The minimum absolute atomic E-state index is 0.0408. The highest BCUT2D eigenvalue weighted by atomic mass is 16.4. The first kappa shape index (κ1) is 15.2. The van der Waals surface area contributed by atoms with Crippen molar-refractivity contribution in [3.63, 3.8) is 0 Å². The van der Waals surface area contributed by atoms with Crippen LogP contribution in [-0.4, -0.2) is 40.8 Å². The second-order valence-electron chi connectivity index (χ2n) is 4.44. The van der Waals surface area contributed by atoms with Gasteiger partial charge >= 0.3 is 0 Å². The molecule has 1 aromatic rings. The highest BCUT2D eigenvalue weighted by Gasteiger charge is 2.17. The van der Waals surface area contributed by atoms with E-state index in [2.05, 4.69) is 17.1 Å². The maximum Gasteiger partial charge on any atom is 0.174 e. The smallest absolute Gasteiger partial charge is 0.174 e. The normalized spacial score (nSPS) is 11.7. The van der Waals surface area contributed by atoms with E-state index in [1.54, 1.807) is 0 Å². The molecule has 0 aliphatic rings. The van der Waals surface area contributed by atoms with E-state index in [0.717, 1.165) is 24.3 Å². The molecule has 0 aliphatic carbocycles. The first-order valence-corrected chi connectivity index (χ1v) is 6.37. The third-order valence-electron chi connectivity index (χ3n) is 2.88. The predicted octanol–water partition coefficient (Wildman–Crippen LogP) is 1.00. The maximum absolute atomic E-state index is 9.18. The second-order valence-corrected chi connectivity index (χ2v) is 4.44. The zero-order valence-corrected chi connectivity index (χ0v) is 11.7. The summed E-state index contributed by atoms with van der Waals surface area (Å²) in [6, 6.07) is 1.89. The summed E-state index contributed by atoms with van der Waals surface area (Å²) in [4.78, 5) is 6.37. The highest BCUT2D eigenvalue weighted by molar-refractivity contribution is 6.03. The van der Waals surface area contributed by atoms with E-state index in [9.17, 15) is 5.11 Å². The molecule has 0 amide bonds. The molecular formula is C13H22N4O2. The molecule has 19 heavy (non-hydrogen) atoms. The van der Waals surface area contributed by atoms with Gasteiger partial charge in [-0.3, -0.25) is 4.98 Å². The Bertz CT molecular complexity index is 454. The Morgan fingerprint density at radius 2 is 2.11 bits per heavy atom. The van der Waals surface area contributed by atoms with E-state index in [1.165, 1.54) is 0 Å². The Hall–Kier alpha value is -1.82. The van der Waals surface area contributed by atoms with Gasteiger partial charge < -0.3 is 20.9 Å². The maximum atomic E-state index is 9.18. The Kier molecular flexibility index (Phi) is 5.57. The van der Waals surface area contributed by atoms with Gasteiger partial charge in [0.05, 0.1) is 23.6 Å². The Morgan fingerprint density at radius 1 is 1.42 bits per heavy atom. The van der Waals surface area contributed by atoms with Crippen LogP contribution in [-0.2, 0) is 0 Å². The molecule has 1 aromatic heterocycles. The Balaban J connectivity index is 3.36. The minimum Gasteiger partial charge on any atom is -0.409 e. The molecule has 6 heteroatoms. The summed E-state index contributed by atoms with van der Waals surface area (Å²) in [6.07, 6.45) is 0.941. The molecule has 1 rings (SSSR count). The number of pyridine rings is 1. The van der Waals surface area contributed by atoms with Crippen molar-refractivity contribution in [2.45, 2.75) is 27.2 Å². The van der Waals surface area contributed by atoms with E-state index >= 15 is 0 Å². The number of rotatable bonds is 6. The summed E-state index contributed by atoms with van der Waals surface area (Å²) in [7, 11) is 0. The fraction of sp³-hybridized carbons (Fsp3) is 0.538. The summed E-state index contributed by atoms with van der Waals surface area (Å²) in [6.45, 7) is 7.13. The number of nitrogens with zero attached hydrogens (tertiary/aromatic N) is 3. The number of oxime groups is 1. The molecular weight excluding hydrogens is 244 g/mol. The van der Waals surface area contributed by atoms with Crippen molar-refractivity contribution in [2.75, 3.05) is 24.6 Å². The standard InChI is InChI=1S/C13H22N4O2/c1-4-5-17(6-7-18)11-8-9(2)15-10(3)12(11)13(14)16-19/h8,18-19H,4-7H2,1-3H3,(H2,14,16). The molecule has 0 aromatic carbocycles. The van der Waals surface area contributed by atoms with Gasteiger partial charge in [0.2, 0.25) is 0 Å². The van der Waals surface area contributed by atoms with Gasteiger partial charge in [-0.2, -0.15) is 0 Å². The van der Waals surface area contributed by atoms with E-state index in [-0.39, 0.29) is 12.4 Å². The first-order chi connectivity index (χ1) is 9.04. The van der Waals surface area contributed by atoms with Crippen LogP contribution in [0.3, 0.4) is 0 Å². The number of aliphatic hydroxyl groups is 1. The highest BCUT2D eigenvalue weighted by Crippen LogP contribution is 2.24. The molecule has 6 nitrogen and oxygen atoms in total. The summed E-state index contributed by atoms with van der Waals surface area (Å²) >= 11 is 0. The lowest BCUT2D eigenvalue weighted by Crippen LogP contribution is -2.31. The van der Waals surface area contributed by atoms with Gasteiger partial charge in [0, 0.05) is 18.8 Å². The van der Waals surface area contributed by atoms with E-state index in [1.807, 2.05) is 24.8 Å². The molecule has 0 saturated carbocycles. The van der Waals surface area contributed by atoms with Crippen LogP contribution in [0.25, 0.3) is 0 Å². The van der Waals surface area contributed by atoms with Crippen molar-refractivity contribution >= 4 is 11.5 Å². The summed E-state index contributed by atoms with van der Waals surface area (Å²) < 4.78 is 0. The third kappa shape index (κ3) is 3.57. The molecule has 106 valence electrons. The predicted molar refractivity (Wildman–Crippen MR) is 75.8 cm³/mol. The van der Waals surface area contributed by atoms with Crippen LogP contribution in [0.15, 0.2) is 11.2 Å². The third-order valence-corrected chi connectivity index (χ3v) is 2.88. The van der Waals surface area contributed by atoms with Crippen LogP contribution in [0.4, 0.5) is 5.69 Å². The number of hydrogen-bond acceptors (Lipinski definition) is 5. The van der Waals surface area contributed by atoms with Crippen molar-refractivity contribution in [1.29, 1.82) is 0 Å². The molecule has 1 heterocycles. The average molecular weight is 266 g/mol. The van der Waals surface area contributed by atoms with Crippen LogP contribution in [0.5, 0.6) is 0 Å². The van der Waals surface area contributed by atoms with Crippen molar-refractivity contribution < 1.29 is 10.3 Å². The summed E-state index contributed by atoms with van der Waals surface area (Å²) in [5.41, 5.74) is 8.79. The van der Waals surface area contributed by atoms with Crippen LogP contribution in [0.1, 0.15) is 30.3 Å². The van der Waals surface area contributed by atoms with E-state index in [4.69, 9.17) is 10.9 Å². The fourth-order valence-corrected chi connectivity index (χ4v) is 2.17. The first-order valence-electron chi connectivity index (χ1n) is 6.37. The average Bonchev–Trinajstić information content (AvgIpc) is 2.36. The van der Waals surface area contributed by atoms with Crippen LogP contribution < -0.4 is 10.6 Å². The SMILES string of the molecule is CCCN(CCO)c1cc(C)nc(C)c1/C(N)=N/O. The number of nitrogens with two attached hydrogens (primary N) is 1. The lowest BCUT2D eigenvalue weighted by atomic mass is 10.1. The van der Waals surface area contributed by atoms with E-state index in [0.29, 0.717) is 17.8 Å². The van der Waals surface area contributed by atoms with Gasteiger partial charge in [0.25, 0.3) is 0 Å².